The average Bonchev–Trinajstić information content (AvgIpc) is 2.24. The van der Waals surface area contributed by atoms with Gasteiger partial charge in [-0.2, -0.15) is 0 Å². The van der Waals surface area contributed by atoms with E-state index in [1.807, 2.05) is 31.3 Å². The molecule has 0 N–H and O–H groups in total. The molecule has 2 rings (SSSR count). The van der Waals surface area contributed by atoms with Crippen molar-refractivity contribution in [1.82, 2.24) is 4.90 Å². The van der Waals surface area contributed by atoms with Crippen molar-refractivity contribution in [2.45, 2.75) is 11.8 Å². The van der Waals surface area contributed by atoms with Gasteiger partial charge in [0.1, 0.15) is 5.37 Å². The molecule has 1 amide bonds. The molecule has 0 spiro atoms. The van der Waals surface area contributed by atoms with Gasteiger partial charge in [-0.3, -0.25) is 4.79 Å². The Morgan fingerprint density at radius 3 is 2.73 bits per heavy atom. The van der Waals surface area contributed by atoms with Gasteiger partial charge in [-0.15, -0.1) is 11.8 Å². The lowest BCUT2D eigenvalue weighted by atomic mass is 10.2. The second-order valence-corrected chi connectivity index (χ2v) is 5.15. The van der Waals surface area contributed by atoms with Crippen LogP contribution < -0.4 is 0 Å². The zero-order chi connectivity index (χ0) is 10.8. The van der Waals surface area contributed by atoms with Gasteiger partial charge in [-0.05, 0) is 17.7 Å². The van der Waals surface area contributed by atoms with Crippen LogP contribution in [0.2, 0.25) is 5.02 Å². The van der Waals surface area contributed by atoms with E-state index in [0.717, 1.165) is 16.3 Å². The molecule has 0 aliphatic carbocycles. The van der Waals surface area contributed by atoms with Gasteiger partial charge >= 0.3 is 0 Å². The number of carbonyl (C=O) groups is 1. The van der Waals surface area contributed by atoms with Gasteiger partial charge < -0.3 is 4.90 Å². The summed E-state index contributed by atoms with van der Waals surface area (Å²) in [6.45, 7) is 0. The highest BCUT2D eigenvalue weighted by atomic mass is 35.5. The molecule has 0 radical (unpaired) electrons. The first-order chi connectivity index (χ1) is 7.18. The minimum absolute atomic E-state index is 0.142. The molecule has 1 saturated heterocycles. The quantitative estimate of drug-likeness (QED) is 0.754. The van der Waals surface area contributed by atoms with E-state index in [4.69, 9.17) is 11.6 Å². The molecular weight excluding hydrogens is 230 g/mol. The number of hydrogen-bond acceptors (Lipinski definition) is 2. The summed E-state index contributed by atoms with van der Waals surface area (Å²) in [6.07, 6.45) is 0.644. The predicted molar refractivity (Wildman–Crippen MR) is 64.0 cm³/mol. The van der Waals surface area contributed by atoms with Gasteiger partial charge in [0.25, 0.3) is 0 Å². The Bertz CT molecular complexity index is 365. The molecule has 0 unspecified atom stereocenters. The smallest absolute Gasteiger partial charge is 0.224 e. The summed E-state index contributed by atoms with van der Waals surface area (Å²) in [6, 6.07) is 7.69. The molecule has 1 aromatic rings. The van der Waals surface area contributed by atoms with Crippen LogP contribution in [-0.2, 0) is 4.79 Å². The minimum Gasteiger partial charge on any atom is -0.330 e. The third-order valence-corrected chi connectivity index (χ3v) is 4.09. The van der Waals surface area contributed by atoms with Crippen LogP contribution in [-0.4, -0.2) is 23.6 Å². The number of benzene rings is 1. The molecular formula is C11H12ClNOS. The van der Waals surface area contributed by atoms with Crippen molar-refractivity contribution in [2.24, 2.45) is 0 Å². The van der Waals surface area contributed by atoms with E-state index in [-0.39, 0.29) is 11.3 Å². The second kappa shape index (κ2) is 4.45. The standard InChI is InChI=1S/C11H12ClNOS/c1-13-10(14)6-7-15-11(13)8-2-4-9(12)5-3-8/h2-5,11H,6-7H2,1H3/t11-/m0/s1. The Labute approximate surface area is 98.6 Å². The molecule has 15 heavy (non-hydrogen) atoms. The zero-order valence-corrected chi connectivity index (χ0v) is 10.0. The number of thioether (sulfide) groups is 1. The van der Waals surface area contributed by atoms with Gasteiger partial charge in [0.05, 0.1) is 0 Å². The lowest BCUT2D eigenvalue weighted by molar-refractivity contribution is -0.130. The highest BCUT2D eigenvalue weighted by Crippen LogP contribution is 2.36. The Hall–Kier alpha value is -0.670. The largest absolute Gasteiger partial charge is 0.330 e. The third kappa shape index (κ3) is 2.29. The SMILES string of the molecule is CN1C(=O)CCS[C@H]1c1ccc(Cl)cc1. The van der Waals surface area contributed by atoms with Crippen LogP contribution in [0.15, 0.2) is 24.3 Å². The van der Waals surface area contributed by atoms with Gasteiger partial charge in [0, 0.05) is 24.2 Å². The third-order valence-electron chi connectivity index (χ3n) is 2.49. The van der Waals surface area contributed by atoms with Gasteiger partial charge in [0.15, 0.2) is 0 Å². The molecule has 80 valence electrons. The molecule has 1 aliphatic rings. The molecule has 1 aromatic carbocycles. The van der Waals surface area contributed by atoms with Crippen LogP contribution in [0, 0.1) is 0 Å². The molecule has 1 aliphatic heterocycles. The van der Waals surface area contributed by atoms with E-state index in [2.05, 4.69) is 0 Å². The predicted octanol–water partition coefficient (Wildman–Crippen LogP) is 2.93. The second-order valence-electron chi connectivity index (χ2n) is 3.53. The lowest BCUT2D eigenvalue weighted by Gasteiger charge is -2.32. The summed E-state index contributed by atoms with van der Waals surface area (Å²) < 4.78 is 0. The number of hydrogen-bond donors (Lipinski definition) is 0. The molecule has 1 heterocycles. The van der Waals surface area contributed by atoms with E-state index < -0.39 is 0 Å². The number of carbonyl (C=O) groups excluding carboxylic acids is 1. The first-order valence-corrected chi connectivity index (χ1v) is 6.24. The van der Waals surface area contributed by atoms with Crippen LogP contribution in [0.1, 0.15) is 17.4 Å². The van der Waals surface area contributed by atoms with Crippen molar-refractivity contribution in [3.8, 4) is 0 Å². The normalized spacial score (nSPS) is 21.9. The van der Waals surface area contributed by atoms with Crippen molar-refractivity contribution in [3.05, 3.63) is 34.9 Å². The molecule has 1 fully saturated rings. The van der Waals surface area contributed by atoms with Gasteiger partial charge in [-0.1, -0.05) is 23.7 Å². The fraction of sp³-hybridized carbons (Fsp3) is 0.364. The van der Waals surface area contributed by atoms with Crippen LogP contribution in [0.25, 0.3) is 0 Å². The number of rotatable bonds is 1. The van der Waals surface area contributed by atoms with Crippen LogP contribution in [0.3, 0.4) is 0 Å². The summed E-state index contributed by atoms with van der Waals surface area (Å²) in [5.74, 6) is 1.12. The first kappa shape index (κ1) is 10.8. The average molecular weight is 242 g/mol. The van der Waals surface area contributed by atoms with Crippen molar-refractivity contribution in [2.75, 3.05) is 12.8 Å². The number of nitrogens with zero attached hydrogens (tertiary/aromatic N) is 1. The maximum atomic E-state index is 11.5. The summed E-state index contributed by atoms with van der Waals surface area (Å²) in [5, 5.41) is 0.872. The Morgan fingerprint density at radius 2 is 2.07 bits per heavy atom. The minimum atomic E-state index is 0.142. The highest BCUT2D eigenvalue weighted by Gasteiger charge is 2.26. The molecule has 1 atom stereocenters. The summed E-state index contributed by atoms with van der Waals surface area (Å²) in [5.41, 5.74) is 1.14. The van der Waals surface area contributed by atoms with E-state index in [0.29, 0.717) is 6.42 Å². The highest BCUT2D eigenvalue weighted by molar-refractivity contribution is 7.99. The Morgan fingerprint density at radius 1 is 1.40 bits per heavy atom. The van der Waals surface area contributed by atoms with E-state index in [1.54, 1.807) is 16.7 Å². The van der Waals surface area contributed by atoms with Crippen LogP contribution in [0.4, 0.5) is 0 Å². The maximum absolute atomic E-state index is 11.5. The monoisotopic (exact) mass is 241 g/mol. The molecule has 0 aromatic heterocycles. The van der Waals surface area contributed by atoms with Crippen molar-refractivity contribution >= 4 is 29.3 Å². The number of halogens is 1. The fourth-order valence-electron chi connectivity index (χ4n) is 1.62. The fourth-order valence-corrected chi connectivity index (χ4v) is 2.96. The summed E-state index contributed by atoms with van der Waals surface area (Å²) >= 11 is 7.62. The number of amides is 1. The van der Waals surface area contributed by atoms with Gasteiger partial charge in [-0.25, -0.2) is 0 Å². The Balaban J connectivity index is 2.22. The first-order valence-electron chi connectivity index (χ1n) is 4.81. The van der Waals surface area contributed by atoms with E-state index in [9.17, 15) is 4.79 Å². The summed E-state index contributed by atoms with van der Waals surface area (Å²) in [4.78, 5) is 13.3. The zero-order valence-electron chi connectivity index (χ0n) is 8.44. The van der Waals surface area contributed by atoms with Gasteiger partial charge in [0.2, 0.25) is 5.91 Å². The molecule has 0 saturated carbocycles. The topological polar surface area (TPSA) is 20.3 Å². The lowest BCUT2D eigenvalue weighted by Crippen LogP contribution is -2.33. The summed E-state index contributed by atoms with van der Waals surface area (Å²) in [7, 11) is 1.85. The van der Waals surface area contributed by atoms with Crippen molar-refractivity contribution < 1.29 is 4.79 Å². The van der Waals surface area contributed by atoms with Crippen LogP contribution >= 0.6 is 23.4 Å². The molecule has 2 nitrogen and oxygen atoms in total. The molecule has 0 bridgehead atoms. The van der Waals surface area contributed by atoms with Crippen molar-refractivity contribution in [3.63, 3.8) is 0 Å². The maximum Gasteiger partial charge on any atom is 0.224 e. The van der Waals surface area contributed by atoms with E-state index in [1.165, 1.54) is 0 Å². The van der Waals surface area contributed by atoms with Crippen molar-refractivity contribution in [1.29, 1.82) is 0 Å². The Kier molecular flexibility index (Phi) is 3.22. The van der Waals surface area contributed by atoms with Crippen LogP contribution in [0.5, 0.6) is 0 Å². The van der Waals surface area contributed by atoms with E-state index >= 15 is 0 Å². The molecule has 4 heteroatoms.